The molecule has 5 heteroatoms. The number of hydrogen-bond acceptors (Lipinski definition) is 4. The third-order valence-corrected chi connectivity index (χ3v) is 3.76. The van der Waals surface area contributed by atoms with Gasteiger partial charge in [-0.2, -0.15) is 0 Å². The number of aryl methyl sites for hydroxylation is 1. The minimum Gasteiger partial charge on any atom is -0.382 e. The van der Waals surface area contributed by atoms with E-state index in [0.29, 0.717) is 13.2 Å². The Kier molecular flexibility index (Phi) is 4.17. The van der Waals surface area contributed by atoms with Crippen molar-refractivity contribution in [2.45, 2.75) is 31.8 Å². The van der Waals surface area contributed by atoms with E-state index in [-0.39, 0.29) is 5.91 Å². The van der Waals surface area contributed by atoms with Gasteiger partial charge in [-0.3, -0.25) is 14.7 Å². The van der Waals surface area contributed by atoms with Crippen LogP contribution >= 0.6 is 0 Å². The molecule has 1 saturated heterocycles. The molecular weight excluding hydrogens is 242 g/mol. The molecule has 1 aromatic heterocycles. The quantitative estimate of drug-likeness (QED) is 0.855. The number of rotatable bonds is 5. The largest absolute Gasteiger partial charge is 0.382 e. The summed E-state index contributed by atoms with van der Waals surface area (Å²) in [6.45, 7) is 3.79. The van der Waals surface area contributed by atoms with Gasteiger partial charge in [-0.15, -0.1) is 0 Å². The molecule has 104 valence electrons. The maximum atomic E-state index is 11.9. The average molecular weight is 263 g/mol. The highest BCUT2D eigenvalue weighted by atomic mass is 16.5. The Labute approximate surface area is 113 Å². The zero-order valence-corrected chi connectivity index (χ0v) is 11.6. The van der Waals surface area contributed by atoms with Crippen LogP contribution in [0, 0.1) is 6.92 Å². The number of hydrogen-bond donors (Lipinski definition) is 1. The lowest BCUT2D eigenvalue weighted by Crippen LogP contribution is -2.56. The number of pyridine rings is 1. The number of primary amides is 1. The number of amides is 1. The van der Waals surface area contributed by atoms with E-state index in [1.807, 2.05) is 25.1 Å². The van der Waals surface area contributed by atoms with Crippen molar-refractivity contribution in [3.05, 3.63) is 29.6 Å². The standard InChI is InChI=1S/C14H21N3O2/c1-11-5-3-6-12(16-11)9-17-8-4-7-14(17,10-19-2)13(15)18/h3,5-6H,4,7-10H2,1-2H3,(H2,15,18). The second-order valence-electron chi connectivity index (χ2n) is 5.12. The molecule has 2 rings (SSSR count). The van der Waals surface area contributed by atoms with Crippen LogP contribution in [-0.4, -0.2) is 41.6 Å². The zero-order valence-electron chi connectivity index (χ0n) is 11.6. The zero-order chi connectivity index (χ0) is 13.9. The van der Waals surface area contributed by atoms with Crippen LogP contribution in [0.5, 0.6) is 0 Å². The van der Waals surface area contributed by atoms with Gasteiger partial charge in [0.05, 0.1) is 12.3 Å². The van der Waals surface area contributed by atoms with Gasteiger partial charge in [-0.25, -0.2) is 0 Å². The summed E-state index contributed by atoms with van der Waals surface area (Å²) in [5, 5.41) is 0. The van der Waals surface area contributed by atoms with E-state index in [0.717, 1.165) is 30.8 Å². The first-order chi connectivity index (χ1) is 9.08. The van der Waals surface area contributed by atoms with Crippen molar-refractivity contribution in [1.29, 1.82) is 0 Å². The van der Waals surface area contributed by atoms with Gasteiger partial charge in [0, 0.05) is 19.3 Å². The van der Waals surface area contributed by atoms with Gasteiger partial charge in [0.1, 0.15) is 5.54 Å². The Hall–Kier alpha value is -1.46. The Bertz CT molecular complexity index is 464. The third kappa shape index (κ3) is 2.77. The number of carbonyl (C=O) groups is 1. The molecular formula is C14H21N3O2. The summed E-state index contributed by atoms with van der Waals surface area (Å²) in [6.07, 6.45) is 1.71. The minimum absolute atomic E-state index is 0.306. The van der Waals surface area contributed by atoms with Crippen LogP contribution in [0.25, 0.3) is 0 Å². The van der Waals surface area contributed by atoms with E-state index < -0.39 is 5.54 Å². The molecule has 5 nitrogen and oxygen atoms in total. The summed E-state index contributed by atoms with van der Waals surface area (Å²) in [5.74, 6) is -0.306. The van der Waals surface area contributed by atoms with Crippen LogP contribution in [0.2, 0.25) is 0 Å². The first kappa shape index (κ1) is 14.0. The van der Waals surface area contributed by atoms with Gasteiger partial charge in [-0.05, 0) is 38.4 Å². The topological polar surface area (TPSA) is 68.5 Å². The van der Waals surface area contributed by atoms with Crippen molar-refractivity contribution in [2.24, 2.45) is 5.73 Å². The lowest BCUT2D eigenvalue weighted by molar-refractivity contribution is -0.132. The van der Waals surface area contributed by atoms with E-state index in [4.69, 9.17) is 10.5 Å². The van der Waals surface area contributed by atoms with Gasteiger partial charge < -0.3 is 10.5 Å². The number of carbonyl (C=O) groups excluding carboxylic acids is 1. The fraction of sp³-hybridized carbons (Fsp3) is 0.571. The van der Waals surface area contributed by atoms with Crippen LogP contribution in [-0.2, 0) is 16.1 Å². The maximum Gasteiger partial charge on any atom is 0.240 e. The molecule has 1 amide bonds. The summed E-state index contributed by atoms with van der Waals surface area (Å²) in [6, 6.07) is 5.92. The molecule has 0 saturated carbocycles. The van der Waals surface area contributed by atoms with Crippen molar-refractivity contribution in [1.82, 2.24) is 9.88 Å². The van der Waals surface area contributed by atoms with E-state index in [1.54, 1.807) is 7.11 Å². The molecule has 1 fully saturated rings. The molecule has 1 aromatic rings. The predicted molar refractivity (Wildman–Crippen MR) is 72.4 cm³/mol. The number of likely N-dealkylation sites (tertiary alicyclic amines) is 1. The summed E-state index contributed by atoms with van der Waals surface area (Å²) in [7, 11) is 1.60. The SMILES string of the molecule is COCC1(C(N)=O)CCCN1Cc1cccc(C)n1. The summed E-state index contributed by atoms with van der Waals surface area (Å²) in [5.41, 5.74) is 6.87. The molecule has 0 bridgehead atoms. The maximum absolute atomic E-state index is 11.9. The molecule has 0 spiro atoms. The molecule has 1 aliphatic rings. The number of nitrogens with zero attached hydrogens (tertiary/aromatic N) is 2. The molecule has 0 radical (unpaired) electrons. The number of nitrogens with two attached hydrogens (primary N) is 1. The Morgan fingerprint density at radius 3 is 3.00 bits per heavy atom. The van der Waals surface area contributed by atoms with Crippen molar-refractivity contribution in [3.63, 3.8) is 0 Å². The first-order valence-electron chi connectivity index (χ1n) is 6.55. The van der Waals surface area contributed by atoms with Crippen LogP contribution in [0.3, 0.4) is 0 Å². The molecule has 1 atom stereocenters. The number of methoxy groups -OCH3 is 1. The molecule has 0 aliphatic carbocycles. The van der Waals surface area contributed by atoms with Crippen molar-refractivity contribution < 1.29 is 9.53 Å². The smallest absolute Gasteiger partial charge is 0.240 e. The molecule has 1 aliphatic heterocycles. The monoisotopic (exact) mass is 263 g/mol. The second kappa shape index (κ2) is 5.67. The molecule has 2 N–H and O–H groups in total. The Morgan fingerprint density at radius 1 is 1.58 bits per heavy atom. The van der Waals surface area contributed by atoms with E-state index >= 15 is 0 Å². The van der Waals surface area contributed by atoms with Crippen molar-refractivity contribution in [3.8, 4) is 0 Å². The second-order valence-corrected chi connectivity index (χ2v) is 5.12. The lowest BCUT2D eigenvalue weighted by Gasteiger charge is -2.34. The van der Waals surface area contributed by atoms with Gasteiger partial charge in [-0.1, -0.05) is 6.07 Å². The summed E-state index contributed by atoms with van der Waals surface area (Å²) >= 11 is 0. The average Bonchev–Trinajstić information content (AvgIpc) is 2.74. The van der Waals surface area contributed by atoms with Crippen molar-refractivity contribution >= 4 is 5.91 Å². The highest BCUT2D eigenvalue weighted by molar-refractivity contribution is 5.85. The minimum atomic E-state index is -0.680. The molecule has 19 heavy (non-hydrogen) atoms. The fourth-order valence-corrected chi connectivity index (χ4v) is 2.80. The molecule has 1 unspecified atom stereocenters. The van der Waals surface area contributed by atoms with Gasteiger partial charge in [0.25, 0.3) is 0 Å². The summed E-state index contributed by atoms with van der Waals surface area (Å²) < 4.78 is 5.22. The van der Waals surface area contributed by atoms with E-state index in [9.17, 15) is 4.79 Å². The third-order valence-electron chi connectivity index (χ3n) is 3.76. The van der Waals surface area contributed by atoms with Gasteiger partial charge in [0.15, 0.2) is 0 Å². The van der Waals surface area contributed by atoms with Crippen LogP contribution in [0.15, 0.2) is 18.2 Å². The first-order valence-corrected chi connectivity index (χ1v) is 6.55. The fourth-order valence-electron chi connectivity index (χ4n) is 2.80. The molecule has 0 aromatic carbocycles. The van der Waals surface area contributed by atoms with Gasteiger partial charge >= 0.3 is 0 Å². The highest BCUT2D eigenvalue weighted by Crippen LogP contribution is 2.30. The highest BCUT2D eigenvalue weighted by Gasteiger charge is 2.46. The normalized spacial score (nSPS) is 23.7. The number of aromatic nitrogens is 1. The predicted octanol–water partition coefficient (Wildman–Crippen LogP) is 0.856. The van der Waals surface area contributed by atoms with Crippen molar-refractivity contribution in [2.75, 3.05) is 20.3 Å². The van der Waals surface area contributed by atoms with E-state index in [2.05, 4.69) is 9.88 Å². The number of ether oxygens (including phenoxy) is 1. The lowest BCUT2D eigenvalue weighted by atomic mass is 9.96. The van der Waals surface area contributed by atoms with Gasteiger partial charge in [0.2, 0.25) is 5.91 Å². The van der Waals surface area contributed by atoms with Crippen LogP contribution in [0.1, 0.15) is 24.2 Å². The van der Waals surface area contributed by atoms with Crippen LogP contribution in [0.4, 0.5) is 0 Å². The summed E-state index contributed by atoms with van der Waals surface area (Å²) in [4.78, 5) is 18.4. The van der Waals surface area contributed by atoms with Crippen LogP contribution < -0.4 is 5.73 Å². The van der Waals surface area contributed by atoms with E-state index in [1.165, 1.54) is 0 Å². The Balaban J connectivity index is 2.20. The Morgan fingerprint density at radius 2 is 2.37 bits per heavy atom. The molecule has 2 heterocycles.